The van der Waals surface area contributed by atoms with E-state index in [-0.39, 0.29) is 24.3 Å². The zero-order valence-corrected chi connectivity index (χ0v) is 15.4. The van der Waals surface area contributed by atoms with Crippen molar-refractivity contribution in [2.24, 2.45) is 7.05 Å². The predicted octanol–water partition coefficient (Wildman–Crippen LogP) is 1.23. The van der Waals surface area contributed by atoms with Gasteiger partial charge in [-0.25, -0.2) is 9.67 Å². The van der Waals surface area contributed by atoms with Crippen molar-refractivity contribution in [3.05, 3.63) is 48.2 Å². The second kappa shape index (κ2) is 7.73. The molecule has 9 heteroatoms. The van der Waals surface area contributed by atoms with E-state index in [2.05, 4.69) is 20.6 Å². The third kappa shape index (κ3) is 3.70. The lowest BCUT2D eigenvalue weighted by atomic mass is 10.1. The lowest BCUT2D eigenvalue weighted by Crippen LogP contribution is -2.50. The molecule has 28 heavy (non-hydrogen) atoms. The Kier molecular flexibility index (Phi) is 4.98. The smallest absolute Gasteiger partial charge is 0.255 e. The number of pyridine rings is 1. The summed E-state index contributed by atoms with van der Waals surface area (Å²) >= 11 is 0. The number of rotatable bonds is 4. The molecule has 0 unspecified atom stereocenters. The van der Waals surface area contributed by atoms with Crippen LogP contribution >= 0.6 is 0 Å². The predicted molar refractivity (Wildman–Crippen MR) is 102 cm³/mol. The maximum Gasteiger partial charge on any atom is 0.255 e. The maximum atomic E-state index is 13.0. The average molecular weight is 380 g/mol. The largest absolute Gasteiger partial charge is 0.377 e. The number of aromatic nitrogens is 4. The van der Waals surface area contributed by atoms with Crippen LogP contribution in [0.15, 0.2) is 42.6 Å². The molecule has 1 aliphatic heterocycles. The summed E-state index contributed by atoms with van der Waals surface area (Å²) < 4.78 is 7.06. The number of carbonyl (C=O) groups excluding carboxylic acids is 2. The molecule has 0 saturated carbocycles. The van der Waals surface area contributed by atoms with Crippen molar-refractivity contribution in [2.75, 3.05) is 25.1 Å². The molecule has 2 aromatic heterocycles. The molecule has 1 saturated heterocycles. The fourth-order valence-electron chi connectivity index (χ4n) is 3.25. The van der Waals surface area contributed by atoms with Gasteiger partial charge in [0.2, 0.25) is 5.91 Å². The Balaban J connectivity index is 1.49. The van der Waals surface area contributed by atoms with E-state index < -0.39 is 0 Å². The molecule has 1 aliphatic rings. The van der Waals surface area contributed by atoms with Gasteiger partial charge in [0.1, 0.15) is 5.52 Å². The van der Waals surface area contributed by atoms with E-state index in [4.69, 9.17) is 4.74 Å². The molecular weight excluding hydrogens is 360 g/mol. The second-order valence-corrected chi connectivity index (χ2v) is 6.63. The number of morpholine rings is 1. The molecule has 9 nitrogen and oxygen atoms in total. The highest BCUT2D eigenvalue weighted by molar-refractivity contribution is 5.97. The third-order valence-corrected chi connectivity index (χ3v) is 4.65. The standard InChI is InChI=1S/C19H20N6O3/c1-24-18-16(22-23-24)9-13(11-20-18)19(27)25-7-8-28-12-15(25)10-17(26)21-14-5-3-2-4-6-14/h2-6,9,11,15H,7-8,10,12H2,1H3,(H,21,26)/t15-/m0/s1. The molecular formula is C19H20N6O3. The number of nitrogens with one attached hydrogen (secondary N) is 1. The van der Waals surface area contributed by atoms with Gasteiger partial charge in [0.05, 0.1) is 24.8 Å². The first-order chi connectivity index (χ1) is 13.6. The van der Waals surface area contributed by atoms with Crippen LogP contribution in [0.5, 0.6) is 0 Å². The van der Waals surface area contributed by atoms with Gasteiger partial charge in [0.25, 0.3) is 5.91 Å². The van der Waals surface area contributed by atoms with E-state index in [0.29, 0.717) is 36.5 Å². The number of ether oxygens (including phenoxy) is 1. The van der Waals surface area contributed by atoms with Crippen molar-refractivity contribution in [2.45, 2.75) is 12.5 Å². The van der Waals surface area contributed by atoms with Crippen molar-refractivity contribution in [3.63, 3.8) is 0 Å². The Labute approximate surface area is 161 Å². The number of anilines is 1. The summed E-state index contributed by atoms with van der Waals surface area (Å²) in [6, 6.07) is 10.6. The minimum Gasteiger partial charge on any atom is -0.377 e. The third-order valence-electron chi connectivity index (χ3n) is 4.65. The Morgan fingerprint density at radius 3 is 2.93 bits per heavy atom. The number of amides is 2. The monoisotopic (exact) mass is 380 g/mol. The minimum atomic E-state index is -0.345. The molecule has 1 N–H and O–H groups in total. The topological polar surface area (TPSA) is 102 Å². The Hall–Kier alpha value is -3.33. The normalized spacial score (nSPS) is 16.9. The zero-order chi connectivity index (χ0) is 19.5. The SMILES string of the molecule is Cn1nnc2cc(C(=O)N3CCOC[C@@H]3CC(=O)Nc3ccccc3)cnc21. The highest BCUT2D eigenvalue weighted by Gasteiger charge is 2.30. The number of hydrogen-bond donors (Lipinski definition) is 1. The van der Waals surface area contributed by atoms with Crippen molar-refractivity contribution in [1.82, 2.24) is 24.9 Å². The number of nitrogens with zero attached hydrogens (tertiary/aromatic N) is 5. The molecule has 0 radical (unpaired) electrons. The lowest BCUT2D eigenvalue weighted by Gasteiger charge is -2.35. The van der Waals surface area contributed by atoms with Crippen LogP contribution in [0.2, 0.25) is 0 Å². The first-order valence-electron chi connectivity index (χ1n) is 9.01. The second-order valence-electron chi connectivity index (χ2n) is 6.63. The van der Waals surface area contributed by atoms with Gasteiger partial charge >= 0.3 is 0 Å². The number of benzene rings is 1. The van der Waals surface area contributed by atoms with Crippen LogP contribution in [0.1, 0.15) is 16.8 Å². The maximum absolute atomic E-state index is 13.0. The quantitative estimate of drug-likeness (QED) is 0.730. The Morgan fingerprint density at radius 2 is 2.11 bits per heavy atom. The van der Waals surface area contributed by atoms with Crippen molar-refractivity contribution in [3.8, 4) is 0 Å². The van der Waals surface area contributed by atoms with E-state index in [0.717, 1.165) is 5.69 Å². The summed E-state index contributed by atoms with van der Waals surface area (Å²) in [7, 11) is 1.74. The number of hydrogen-bond acceptors (Lipinski definition) is 6. The minimum absolute atomic E-state index is 0.154. The van der Waals surface area contributed by atoms with Crippen molar-refractivity contribution >= 4 is 28.7 Å². The number of carbonyl (C=O) groups is 2. The van der Waals surface area contributed by atoms with E-state index in [9.17, 15) is 9.59 Å². The molecule has 1 fully saturated rings. The van der Waals surface area contributed by atoms with Crippen LogP contribution in [-0.2, 0) is 16.6 Å². The van der Waals surface area contributed by atoms with Gasteiger partial charge in [0.15, 0.2) is 5.65 Å². The van der Waals surface area contributed by atoms with Crippen LogP contribution < -0.4 is 5.32 Å². The van der Waals surface area contributed by atoms with Gasteiger partial charge in [-0.2, -0.15) is 0 Å². The summed E-state index contributed by atoms with van der Waals surface area (Å²) in [6.07, 6.45) is 1.67. The zero-order valence-electron chi connectivity index (χ0n) is 15.4. The van der Waals surface area contributed by atoms with Gasteiger partial charge in [-0.05, 0) is 18.2 Å². The number of fused-ring (bicyclic) bond motifs is 1. The van der Waals surface area contributed by atoms with Crippen molar-refractivity contribution in [1.29, 1.82) is 0 Å². The van der Waals surface area contributed by atoms with Gasteiger partial charge in [0, 0.05) is 31.9 Å². The van der Waals surface area contributed by atoms with E-state index in [1.807, 2.05) is 30.3 Å². The number of para-hydroxylation sites is 1. The Bertz CT molecular complexity index is 1000. The lowest BCUT2D eigenvalue weighted by molar-refractivity contribution is -0.118. The van der Waals surface area contributed by atoms with E-state index in [1.165, 1.54) is 6.20 Å². The molecule has 0 bridgehead atoms. The molecule has 144 valence electrons. The first-order valence-corrected chi connectivity index (χ1v) is 9.01. The summed E-state index contributed by atoms with van der Waals surface area (Å²) in [4.78, 5) is 31.4. The molecule has 4 rings (SSSR count). The fourth-order valence-corrected chi connectivity index (χ4v) is 3.25. The van der Waals surface area contributed by atoms with Crippen LogP contribution in [-0.4, -0.2) is 62.5 Å². The summed E-state index contributed by atoms with van der Waals surface area (Å²) in [6.45, 7) is 1.17. The molecule has 1 aromatic carbocycles. The summed E-state index contributed by atoms with van der Waals surface area (Å²) in [5.41, 5.74) is 2.31. The fraction of sp³-hybridized carbons (Fsp3) is 0.316. The van der Waals surface area contributed by atoms with Crippen LogP contribution in [0, 0.1) is 0 Å². The van der Waals surface area contributed by atoms with Crippen LogP contribution in [0.25, 0.3) is 11.2 Å². The van der Waals surface area contributed by atoms with Crippen molar-refractivity contribution < 1.29 is 14.3 Å². The van der Waals surface area contributed by atoms with Crippen LogP contribution in [0.4, 0.5) is 5.69 Å². The molecule has 1 atom stereocenters. The molecule has 3 aromatic rings. The molecule has 0 spiro atoms. The molecule has 2 amide bonds. The highest BCUT2D eigenvalue weighted by Crippen LogP contribution is 2.18. The average Bonchev–Trinajstić information content (AvgIpc) is 3.09. The van der Waals surface area contributed by atoms with E-state index >= 15 is 0 Å². The number of aryl methyl sites for hydroxylation is 1. The van der Waals surface area contributed by atoms with Gasteiger partial charge < -0.3 is 15.0 Å². The first kappa shape index (κ1) is 18.1. The Morgan fingerprint density at radius 1 is 1.29 bits per heavy atom. The van der Waals surface area contributed by atoms with Crippen LogP contribution in [0.3, 0.4) is 0 Å². The van der Waals surface area contributed by atoms with Gasteiger partial charge in [-0.3, -0.25) is 9.59 Å². The van der Waals surface area contributed by atoms with Gasteiger partial charge in [-0.15, -0.1) is 5.10 Å². The summed E-state index contributed by atoms with van der Waals surface area (Å²) in [5, 5.41) is 10.8. The van der Waals surface area contributed by atoms with E-state index in [1.54, 1.807) is 22.7 Å². The molecule has 3 heterocycles. The highest BCUT2D eigenvalue weighted by atomic mass is 16.5. The van der Waals surface area contributed by atoms with Gasteiger partial charge in [-0.1, -0.05) is 23.4 Å². The molecule has 0 aliphatic carbocycles. The summed E-state index contributed by atoms with van der Waals surface area (Å²) in [5.74, 6) is -0.358.